The lowest BCUT2D eigenvalue weighted by Crippen LogP contribution is -2.06. The molecular formula is C14H24N2O. The molecule has 0 fully saturated rings. The Balaban J connectivity index is 2.55. The Bertz CT molecular complexity index is 337. The number of nitrogens with one attached hydrogen (secondary N) is 1. The minimum Gasteiger partial charge on any atom is -0.491 e. The Hall–Kier alpha value is -1.38. The van der Waals surface area contributed by atoms with Crippen molar-refractivity contribution in [3.05, 3.63) is 18.2 Å². The van der Waals surface area contributed by atoms with Gasteiger partial charge in [0, 0.05) is 18.3 Å². The molecule has 1 aromatic carbocycles. The van der Waals surface area contributed by atoms with Crippen LogP contribution in [0.4, 0.5) is 11.4 Å². The molecule has 96 valence electrons. The number of anilines is 2. The minimum absolute atomic E-state index is 0.702. The Morgan fingerprint density at radius 1 is 1.35 bits per heavy atom. The highest BCUT2D eigenvalue weighted by molar-refractivity contribution is 5.61. The maximum atomic E-state index is 5.85. The highest BCUT2D eigenvalue weighted by Gasteiger charge is 2.02. The molecule has 0 radical (unpaired) electrons. The van der Waals surface area contributed by atoms with Crippen LogP contribution >= 0.6 is 0 Å². The number of hydrogen-bond donors (Lipinski definition) is 2. The van der Waals surface area contributed by atoms with Crippen LogP contribution in [0.2, 0.25) is 0 Å². The zero-order valence-electron chi connectivity index (χ0n) is 11.1. The van der Waals surface area contributed by atoms with E-state index in [1.54, 1.807) is 0 Å². The van der Waals surface area contributed by atoms with Gasteiger partial charge < -0.3 is 15.8 Å². The molecule has 0 amide bonds. The first-order valence-electron chi connectivity index (χ1n) is 6.39. The van der Waals surface area contributed by atoms with E-state index in [1.807, 2.05) is 18.2 Å². The molecule has 0 aliphatic rings. The van der Waals surface area contributed by atoms with Crippen molar-refractivity contribution in [2.75, 3.05) is 24.2 Å². The van der Waals surface area contributed by atoms with Gasteiger partial charge in [-0.1, -0.05) is 20.8 Å². The van der Waals surface area contributed by atoms with Crippen LogP contribution < -0.4 is 15.8 Å². The van der Waals surface area contributed by atoms with Crippen molar-refractivity contribution in [2.24, 2.45) is 5.92 Å². The molecule has 3 nitrogen and oxygen atoms in total. The smallest absolute Gasteiger partial charge is 0.144 e. The lowest BCUT2D eigenvalue weighted by atomic mass is 10.1. The second-order valence-electron chi connectivity index (χ2n) is 4.71. The van der Waals surface area contributed by atoms with E-state index >= 15 is 0 Å². The van der Waals surface area contributed by atoms with E-state index in [2.05, 4.69) is 26.1 Å². The number of nitrogen functional groups attached to an aromatic ring is 1. The van der Waals surface area contributed by atoms with Crippen LogP contribution in [0, 0.1) is 5.92 Å². The second kappa shape index (κ2) is 7.05. The molecule has 0 heterocycles. The third kappa shape index (κ3) is 4.98. The summed E-state index contributed by atoms with van der Waals surface area (Å²) in [6.45, 7) is 8.22. The highest BCUT2D eigenvalue weighted by atomic mass is 16.5. The Kier molecular flexibility index (Phi) is 5.67. The van der Waals surface area contributed by atoms with Gasteiger partial charge in [0.05, 0.1) is 12.3 Å². The molecule has 0 unspecified atom stereocenters. The molecule has 3 N–H and O–H groups in total. The van der Waals surface area contributed by atoms with Crippen molar-refractivity contribution >= 4 is 11.4 Å². The predicted octanol–water partition coefficient (Wildman–Crippen LogP) is 3.52. The standard InChI is InChI=1S/C14H24N2O/c1-4-9-17-14-10-12(5-6-13(14)15)16-8-7-11(2)3/h5-6,10-11,16H,4,7-9,15H2,1-3H3. The van der Waals surface area contributed by atoms with Gasteiger partial charge in [0.25, 0.3) is 0 Å². The first kappa shape index (κ1) is 13.7. The fraction of sp³-hybridized carbons (Fsp3) is 0.571. The molecular weight excluding hydrogens is 212 g/mol. The summed E-state index contributed by atoms with van der Waals surface area (Å²) in [5.41, 5.74) is 7.63. The normalized spacial score (nSPS) is 10.6. The van der Waals surface area contributed by atoms with E-state index in [1.165, 1.54) is 0 Å². The van der Waals surface area contributed by atoms with Crippen LogP contribution in [0.3, 0.4) is 0 Å². The van der Waals surface area contributed by atoms with Crippen LogP contribution in [0.25, 0.3) is 0 Å². The first-order valence-corrected chi connectivity index (χ1v) is 6.39. The van der Waals surface area contributed by atoms with E-state index < -0.39 is 0 Å². The quantitative estimate of drug-likeness (QED) is 0.712. The number of hydrogen-bond acceptors (Lipinski definition) is 3. The summed E-state index contributed by atoms with van der Waals surface area (Å²) >= 11 is 0. The van der Waals surface area contributed by atoms with Gasteiger partial charge in [-0.25, -0.2) is 0 Å². The maximum absolute atomic E-state index is 5.85. The maximum Gasteiger partial charge on any atom is 0.144 e. The summed E-state index contributed by atoms with van der Waals surface area (Å²) in [4.78, 5) is 0. The zero-order valence-corrected chi connectivity index (χ0v) is 11.1. The first-order chi connectivity index (χ1) is 8.13. The Morgan fingerprint density at radius 2 is 2.12 bits per heavy atom. The van der Waals surface area contributed by atoms with Crippen LogP contribution in [0.5, 0.6) is 5.75 Å². The van der Waals surface area contributed by atoms with Gasteiger partial charge in [0.2, 0.25) is 0 Å². The molecule has 17 heavy (non-hydrogen) atoms. The van der Waals surface area contributed by atoms with E-state index in [9.17, 15) is 0 Å². The topological polar surface area (TPSA) is 47.3 Å². The van der Waals surface area contributed by atoms with Crippen molar-refractivity contribution < 1.29 is 4.74 Å². The fourth-order valence-corrected chi connectivity index (χ4v) is 1.49. The molecule has 0 atom stereocenters. The summed E-state index contributed by atoms with van der Waals surface area (Å²) in [7, 11) is 0. The third-order valence-electron chi connectivity index (χ3n) is 2.53. The largest absolute Gasteiger partial charge is 0.491 e. The average Bonchev–Trinajstić information content (AvgIpc) is 2.29. The fourth-order valence-electron chi connectivity index (χ4n) is 1.49. The summed E-state index contributed by atoms with van der Waals surface area (Å²) in [5, 5.41) is 3.38. The summed E-state index contributed by atoms with van der Waals surface area (Å²) < 4.78 is 5.59. The molecule has 3 heteroatoms. The average molecular weight is 236 g/mol. The van der Waals surface area contributed by atoms with E-state index in [0.717, 1.165) is 30.8 Å². The molecule has 0 bridgehead atoms. The molecule has 0 spiro atoms. The van der Waals surface area contributed by atoms with Crippen LogP contribution in [-0.4, -0.2) is 13.2 Å². The van der Waals surface area contributed by atoms with E-state index in [-0.39, 0.29) is 0 Å². The summed E-state index contributed by atoms with van der Waals surface area (Å²) in [6.07, 6.45) is 2.15. The lowest BCUT2D eigenvalue weighted by molar-refractivity contribution is 0.319. The van der Waals surface area contributed by atoms with Gasteiger partial charge in [-0.3, -0.25) is 0 Å². The molecule has 0 saturated heterocycles. The molecule has 0 aliphatic heterocycles. The predicted molar refractivity (Wildman–Crippen MR) is 74.6 cm³/mol. The molecule has 0 saturated carbocycles. The highest BCUT2D eigenvalue weighted by Crippen LogP contribution is 2.25. The van der Waals surface area contributed by atoms with E-state index in [0.29, 0.717) is 18.2 Å². The van der Waals surface area contributed by atoms with Crippen molar-refractivity contribution in [1.29, 1.82) is 0 Å². The third-order valence-corrected chi connectivity index (χ3v) is 2.53. The van der Waals surface area contributed by atoms with E-state index in [4.69, 9.17) is 10.5 Å². The van der Waals surface area contributed by atoms with Gasteiger partial charge in [0.1, 0.15) is 5.75 Å². The molecule has 1 aromatic rings. The number of ether oxygens (including phenoxy) is 1. The van der Waals surface area contributed by atoms with Crippen molar-refractivity contribution in [3.63, 3.8) is 0 Å². The van der Waals surface area contributed by atoms with Gasteiger partial charge in [-0.2, -0.15) is 0 Å². The van der Waals surface area contributed by atoms with Crippen LogP contribution in [0.15, 0.2) is 18.2 Å². The molecule has 1 rings (SSSR count). The second-order valence-corrected chi connectivity index (χ2v) is 4.71. The van der Waals surface area contributed by atoms with Gasteiger partial charge in [-0.15, -0.1) is 0 Å². The van der Waals surface area contributed by atoms with Gasteiger partial charge in [-0.05, 0) is 30.9 Å². The SMILES string of the molecule is CCCOc1cc(NCCC(C)C)ccc1N. The van der Waals surface area contributed by atoms with Crippen molar-refractivity contribution in [1.82, 2.24) is 0 Å². The summed E-state index contributed by atoms with van der Waals surface area (Å²) in [5.74, 6) is 1.49. The van der Waals surface area contributed by atoms with Crippen molar-refractivity contribution in [3.8, 4) is 5.75 Å². The molecule has 0 aromatic heterocycles. The lowest BCUT2D eigenvalue weighted by Gasteiger charge is -2.12. The van der Waals surface area contributed by atoms with Crippen molar-refractivity contribution in [2.45, 2.75) is 33.6 Å². The number of rotatable bonds is 7. The van der Waals surface area contributed by atoms with Gasteiger partial charge >= 0.3 is 0 Å². The van der Waals surface area contributed by atoms with Crippen LogP contribution in [0.1, 0.15) is 33.6 Å². The number of benzene rings is 1. The Morgan fingerprint density at radius 3 is 2.76 bits per heavy atom. The number of nitrogens with two attached hydrogens (primary N) is 1. The Labute approximate surface area is 104 Å². The molecule has 0 aliphatic carbocycles. The minimum atomic E-state index is 0.702. The summed E-state index contributed by atoms with van der Waals surface area (Å²) in [6, 6.07) is 5.86. The monoisotopic (exact) mass is 236 g/mol. The van der Waals surface area contributed by atoms with Crippen LogP contribution in [-0.2, 0) is 0 Å². The zero-order chi connectivity index (χ0) is 12.7. The van der Waals surface area contributed by atoms with Gasteiger partial charge in [0.15, 0.2) is 0 Å².